The minimum Gasteiger partial charge on any atom is -0.481 e. The molecule has 0 aliphatic heterocycles. The van der Waals surface area contributed by atoms with Gasteiger partial charge >= 0.3 is 18.0 Å². The smallest absolute Gasteiger partial charge is 0.407 e. The van der Waals surface area contributed by atoms with Gasteiger partial charge in [0.25, 0.3) is 0 Å². The molecule has 3 N–H and O–H groups in total. The molecule has 0 aromatic heterocycles. The van der Waals surface area contributed by atoms with Crippen molar-refractivity contribution < 1.29 is 33.8 Å². The number of hydrogen-bond acceptors (Lipinski definition) is 6. The molecule has 1 aliphatic carbocycles. The number of ether oxygens (including phenoxy) is 2. The fourth-order valence-electron chi connectivity index (χ4n) is 4.20. The van der Waals surface area contributed by atoms with Gasteiger partial charge in [0.05, 0.1) is 7.11 Å². The fraction of sp³-hybridized carbons (Fsp3) is 0.385. The number of carboxylic acid groups (broad SMARTS) is 1. The molecule has 1 aliphatic rings. The number of benzene rings is 2. The number of esters is 1. The lowest BCUT2D eigenvalue weighted by molar-refractivity contribution is -0.146. The van der Waals surface area contributed by atoms with Crippen LogP contribution in [0.1, 0.15) is 43.7 Å². The third-order valence-electron chi connectivity index (χ3n) is 6.02. The van der Waals surface area contributed by atoms with Gasteiger partial charge in [0.2, 0.25) is 5.91 Å². The van der Waals surface area contributed by atoms with Gasteiger partial charge in [0.15, 0.2) is 0 Å². The second kappa shape index (κ2) is 11.5. The Labute approximate surface area is 203 Å². The zero-order chi connectivity index (χ0) is 25.5. The van der Waals surface area contributed by atoms with E-state index in [2.05, 4.69) is 10.6 Å². The number of amides is 2. The van der Waals surface area contributed by atoms with Gasteiger partial charge < -0.3 is 25.2 Å². The molecule has 3 rings (SSSR count). The Morgan fingerprint density at radius 3 is 2.03 bits per heavy atom. The molecule has 2 amide bonds. The topological polar surface area (TPSA) is 131 Å². The molecule has 9 heteroatoms. The molecule has 0 fully saturated rings. The zero-order valence-electron chi connectivity index (χ0n) is 19.9. The summed E-state index contributed by atoms with van der Waals surface area (Å²) in [5.74, 6) is -2.88. The molecule has 0 heterocycles. The first-order valence-electron chi connectivity index (χ1n) is 11.4. The summed E-state index contributed by atoms with van der Waals surface area (Å²) >= 11 is 0. The Kier molecular flexibility index (Phi) is 8.46. The number of rotatable bonds is 10. The van der Waals surface area contributed by atoms with E-state index in [4.69, 9.17) is 14.6 Å². The third kappa shape index (κ3) is 6.17. The van der Waals surface area contributed by atoms with Crippen molar-refractivity contribution in [3.05, 3.63) is 59.7 Å². The number of hydrogen-bond donors (Lipinski definition) is 3. The maximum Gasteiger partial charge on any atom is 0.407 e. The van der Waals surface area contributed by atoms with Crippen LogP contribution in [0.4, 0.5) is 4.79 Å². The van der Waals surface area contributed by atoms with Gasteiger partial charge in [-0.25, -0.2) is 9.59 Å². The Bertz CT molecular complexity index is 1050. The summed E-state index contributed by atoms with van der Waals surface area (Å²) in [7, 11) is 1.21. The summed E-state index contributed by atoms with van der Waals surface area (Å²) in [6.45, 7) is 3.50. The summed E-state index contributed by atoms with van der Waals surface area (Å²) in [4.78, 5) is 48.6. The lowest BCUT2D eigenvalue weighted by atomic mass is 9.98. The summed E-state index contributed by atoms with van der Waals surface area (Å²) in [6.07, 6.45) is -1.37. The number of carboxylic acids is 1. The molecule has 0 radical (unpaired) electrons. The van der Waals surface area contributed by atoms with E-state index in [1.807, 2.05) is 48.5 Å². The monoisotopic (exact) mass is 482 g/mol. The molecule has 186 valence electrons. The molecular weight excluding hydrogens is 452 g/mol. The van der Waals surface area contributed by atoms with E-state index in [0.29, 0.717) is 0 Å². The highest BCUT2D eigenvalue weighted by molar-refractivity contribution is 5.90. The van der Waals surface area contributed by atoms with Crippen LogP contribution in [0.15, 0.2) is 48.5 Å². The number of aliphatic carboxylic acids is 1. The maximum atomic E-state index is 12.8. The van der Waals surface area contributed by atoms with Crippen LogP contribution in [-0.4, -0.2) is 54.8 Å². The summed E-state index contributed by atoms with van der Waals surface area (Å²) < 4.78 is 10.2. The van der Waals surface area contributed by atoms with E-state index in [1.54, 1.807) is 13.8 Å². The van der Waals surface area contributed by atoms with Crippen LogP contribution >= 0.6 is 0 Å². The highest BCUT2D eigenvalue weighted by Gasteiger charge is 2.32. The van der Waals surface area contributed by atoms with E-state index < -0.39 is 36.0 Å². The minimum atomic E-state index is -1.20. The van der Waals surface area contributed by atoms with E-state index in [0.717, 1.165) is 22.3 Å². The number of alkyl carbamates (subject to hydrolysis) is 1. The summed E-state index contributed by atoms with van der Waals surface area (Å²) in [6, 6.07) is 13.6. The number of fused-ring (bicyclic) bond motifs is 3. The molecule has 2 aromatic rings. The van der Waals surface area contributed by atoms with E-state index in [1.165, 1.54) is 7.11 Å². The van der Waals surface area contributed by atoms with Crippen molar-refractivity contribution in [3.8, 4) is 11.1 Å². The minimum absolute atomic E-state index is 0.0455. The third-order valence-corrected chi connectivity index (χ3v) is 6.02. The number of carbonyl (C=O) groups excluding carboxylic acids is 3. The number of nitrogens with one attached hydrogen (secondary N) is 2. The zero-order valence-corrected chi connectivity index (χ0v) is 19.9. The predicted molar refractivity (Wildman–Crippen MR) is 128 cm³/mol. The van der Waals surface area contributed by atoms with E-state index in [9.17, 15) is 19.2 Å². The second-order valence-electron chi connectivity index (χ2n) is 8.71. The van der Waals surface area contributed by atoms with Gasteiger partial charge in [-0.3, -0.25) is 9.59 Å². The predicted octanol–water partition coefficient (Wildman–Crippen LogP) is 3.07. The van der Waals surface area contributed by atoms with Crippen molar-refractivity contribution in [2.75, 3.05) is 13.7 Å². The van der Waals surface area contributed by atoms with Gasteiger partial charge in [-0.1, -0.05) is 62.4 Å². The highest BCUT2D eigenvalue weighted by atomic mass is 16.5. The lowest BCUT2D eigenvalue weighted by Crippen LogP contribution is -2.53. The fourth-order valence-corrected chi connectivity index (χ4v) is 4.20. The Balaban J connectivity index is 1.68. The van der Waals surface area contributed by atoms with Crippen LogP contribution in [0.5, 0.6) is 0 Å². The molecule has 0 bridgehead atoms. The maximum absolute atomic E-state index is 12.8. The van der Waals surface area contributed by atoms with Crippen LogP contribution < -0.4 is 10.6 Å². The first-order valence-corrected chi connectivity index (χ1v) is 11.4. The SMILES string of the molecule is COC(=O)C(NC(=O)C(CCC(=O)O)NC(=O)OCC1c2ccccc2-c2ccccc21)C(C)C. The van der Waals surface area contributed by atoms with Crippen LogP contribution in [0, 0.1) is 5.92 Å². The Hall–Kier alpha value is -3.88. The average molecular weight is 483 g/mol. The molecule has 2 atom stereocenters. The first kappa shape index (κ1) is 25.7. The van der Waals surface area contributed by atoms with Gasteiger partial charge in [-0.15, -0.1) is 0 Å². The first-order chi connectivity index (χ1) is 16.7. The van der Waals surface area contributed by atoms with Crippen LogP contribution in [0.2, 0.25) is 0 Å². The Morgan fingerprint density at radius 2 is 1.51 bits per heavy atom. The van der Waals surface area contributed by atoms with Crippen LogP contribution in [0.3, 0.4) is 0 Å². The molecule has 35 heavy (non-hydrogen) atoms. The standard InChI is InChI=1S/C26H30N2O7/c1-15(2)23(25(32)34-3)28-24(31)21(12-13-22(29)30)27-26(33)35-14-20-18-10-6-4-8-16(18)17-9-5-7-11-19(17)20/h4-11,15,20-21,23H,12-14H2,1-3H3,(H,27,33)(H,28,31)(H,29,30). The summed E-state index contributed by atoms with van der Waals surface area (Å²) in [5.41, 5.74) is 4.25. The van der Waals surface area contributed by atoms with Crippen molar-refractivity contribution in [2.45, 2.75) is 44.7 Å². The lowest BCUT2D eigenvalue weighted by Gasteiger charge is -2.24. The quantitative estimate of drug-likeness (QED) is 0.444. The largest absolute Gasteiger partial charge is 0.481 e. The van der Waals surface area contributed by atoms with Crippen molar-refractivity contribution in [1.82, 2.24) is 10.6 Å². The molecule has 2 unspecified atom stereocenters. The van der Waals surface area contributed by atoms with Crippen LogP contribution in [-0.2, 0) is 23.9 Å². The van der Waals surface area contributed by atoms with Crippen molar-refractivity contribution in [1.29, 1.82) is 0 Å². The molecule has 0 saturated carbocycles. The molecule has 9 nitrogen and oxygen atoms in total. The van der Waals surface area contributed by atoms with Crippen molar-refractivity contribution >= 4 is 23.9 Å². The highest BCUT2D eigenvalue weighted by Crippen LogP contribution is 2.44. The molecule has 0 spiro atoms. The second-order valence-corrected chi connectivity index (χ2v) is 8.71. The molecular formula is C26H30N2O7. The normalized spacial score (nSPS) is 13.8. The van der Waals surface area contributed by atoms with E-state index >= 15 is 0 Å². The number of carbonyl (C=O) groups is 4. The van der Waals surface area contributed by atoms with Gasteiger partial charge in [-0.05, 0) is 34.6 Å². The van der Waals surface area contributed by atoms with Crippen LogP contribution in [0.25, 0.3) is 11.1 Å². The average Bonchev–Trinajstić information content (AvgIpc) is 3.16. The summed E-state index contributed by atoms with van der Waals surface area (Å²) in [5, 5.41) is 14.1. The van der Waals surface area contributed by atoms with Gasteiger partial charge in [0.1, 0.15) is 18.7 Å². The number of methoxy groups -OCH3 is 1. The van der Waals surface area contributed by atoms with Gasteiger partial charge in [0, 0.05) is 12.3 Å². The molecule has 0 saturated heterocycles. The van der Waals surface area contributed by atoms with Crippen molar-refractivity contribution in [2.24, 2.45) is 5.92 Å². The Morgan fingerprint density at radius 1 is 0.943 bits per heavy atom. The van der Waals surface area contributed by atoms with E-state index in [-0.39, 0.29) is 31.3 Å². The van der Waals surface area contributed by atoms with Gasteiger partial charge in [-0.2, -0.15) is 0 Å². The molecule has 2 aromatic carbocycles. The van der Waals surface area contributed by atoms with Crippen molar-refractivity contribution in [3.63, 3.8) is 0 Å².